The van der Waals surface area contributed by atoms with Gasteiger partial charge in [0.05, 0.1) is 22.8 Å². The molecule has 0 saturated carbocycles. The third kappa shape index (κ3) is 5.54. The van der Waals surface area contributed by atoms with Gasteiger partial charge in [-0.25, -0.2) is 9.97 Å². The lowest BCUT2D eigenvalue weighted by molar-refractivity contribution is -0.107. The van der Waals surface area contributed by atoms with Crippen molar-refractivity contribution in [1.82, 2.24) is 9.97 Å². The fraction of sp³-hybridized carbons (Fsp3) is 0.0541. The van der Waals surface area contributed by atoms with Gasteiger partial charge in [0.25, 0.3) is 0 Å². The molecule has 0 fully saturated rings. The Morgan fingerprint density at radius 1 is 0.595 bits per heavy atom. The lowest BCUT2D eigenvalue weighted by atomic mass is 10.00. The van der Waals surface area contributed by atoms with Gasteiger partial charge in [-0.15, -0.1) is 0 Å². The average Bonchev–Trinajstić information content (AvgIpc) is 3.09. The maximum Gasteiger partial charge on any atom is 0.213 e. The second kappa shape index (κ2) is 11.9. The van der Waals surface area contributed by atoms with Gasteiger partial charge in [-0.3, -0.25) is 4.79 Å². The van der Waals surface area contributed by atoms with Gasteiger partial charge in [0.2, 0.25) is 6.41 Å². The van der Waals surface area contributed by atoms with E-state index in [1.54, 1.807) is 6.07 Å². The van der Waals surface area contributed by atoms with Crippen LogP contribution in [0.25, 0.3) is 56.2 Å². The number of nitrogens with one attached hydrogen (secondary N) is 1. The molecule has 5 nitrogen and oxygen atoms in total. The number of hydrogen-bond donors (Lipinski definition) is 1. The number of rotatable bonds is 8. The standard InChI is InChI=1S/C37H30N4O/c1-38-35-23-32(21-22-36(35)41(2)25-42)28-15-19-30(20-16-28)34-24-33(39-37(40-34)31-11-7-4-8-12-31)29-17-13-27(14-18-29)26-9-5-3-6-10-26/h3-25,38H,1-2H3/i1D3,2D3. The first-order valence-electron chi connectivity index (χ1n) is 16.4. The summed E-state index contributed by atoms with van der Waals surface area (Å²) in [5.74, 6) is 0.587. The Hall–Kier alpha value is -5.55. The quantitative estimate of drug-likeness (QED) is 0.193. The molecule has 0 aliphatic carbocycles. The first-order chi connectivity index (χ1) is 23.0. The van der Waals surface area contributed by atoms with E-state index in [1.807, 2.05) is 78.9 Å². The van der Waals surface area contributed by atoms with Crippen molar-refractivity contribution in [1.29, 1.82) is 0 Å². The molecule has 6 rings (SSSR count). The summed E-state index contributed by atoms with van der Waals surface area (Å²) >= 11 is 0. The second-order valence-electron chi connectivity index (χ2n) is 9.68. The zero-order valence-electron chi connectivity index (χ0n) is 28.5. The molecular formula is C37H30N4O. The van der Waals surface area contributed by atoms with Gasteiger partial charge >= 0.3 is 0 Å². The van der Waals surface area contributed by atoms with Crippen LogP contribution in [0.4, 0.5) is 11.4 Å². The Morgan fingerprint density at radius 3 is 1.64 bits per heavy atom. The van der Waals surface area contributed by atoms with E-state index >= 15 is 0 Å². The zero-order valence-corrected chi connectivity index (χ0v) is 22.5. The molecular weight excluding hydrogens is 516 g/mol. The SMILES string of the molecule is [2H]C([2H])([2H])Nc1cc(-c2ccc(-c3cc(-c4ccc(-c5ccccc5)cc4)nc(-c4ccccc4)n3)cc2)ccc1N(C=O)C([2H])([2H])[2H]. The van der Waals surface area contributed by atoms with Gasteiger partial charge < -0.3 is 10.2 Å². The number of hydrogen-bond acceptors (Lipinski definition) is 4. The minimum atomic E-state index is -2.80. The van der Waals surface area contributed by atoms with Crippen LogP contribution in [0.5, 0.6) is 0 Å². The van der Waals surface area contributed by atoms with E-state index in [-0.39, 0.29) is 17.8 Å². The maximum atomic E-state index is 11.7. The van der Waals surface area contributed by atoms with Crippen LogP contribution in [0, 0.1) is 0 Å². The van der Waals surface area contributed by atoms with Crippen LogP contribution in [0.15, 0.2) is 133 Å². The molecule has 0 aliphatic rings. The number of amides is 1. The Morgan fingerprint density at radius 2 is 1.10 bits per heavy atom. The first-order valence-corrected chi connectivity index (χ1v) is 13.4. The predicted octanol–water partition coefficient (Wildman–Crippen LogP) is 8.45. The molecule has 0 atom stereocenters. The van der Waals surface area contributed by atoms with Gasteiger partial charge in [0.1, 0.15) is 0 Å². The highest BCUT2D eigenvalue weighted by Gasteiger charge is 2.12. The highest BCUT2D eigenvalue weighted by Crippen LogP contribution is 2.33. The predicted molar refractivity (Wildman–Crippen MR) is 173 cm³/mol. The summed E-state index contributed by atoms with van der Waals surface area (Å²) in [5, 5.41) is 2.37. The van der Waals surface area contributed by atoms with E-state index in [1.165, 1.54) is 12.1 Å². The Bertz CT molecular complexity index is 2030. The molecule has 1 heterocycles. The normalized spacial score (nSPS) is 13.4. The van der Waals surface area contributed by atoms with Crippen LogP contribution in [-0.2, 0) is 4.79 Å². The number of benzene rings is 5. The summed E-state index contributed by atoms with van der Waals surface area (Å²) in [5.41, 5.74) is 7.70. The molecule has 5 heteroatoms. The number of carbonyl (C=O) groups excluding carboxylic acids is 1. The van der Waals surface area contributed by atoms with Gasteiger partial charge in [-0.2, -0.15) is 0 Å². The van der Waals surface area contributed by atoms with E-state index in [0.29, 0.717) is 16.3 Å². The summed E-state index contributed by atoms with van der Waals surface area (Å²) in [6.45, 7) is -5.42. The summed E-state index contributed by atoms with van der Waals surface area (Å²) in [4.78, 5) is 22.0. The Labute approximate surface area is 254 Å². The van der Waals surface area contributed by atoms with Gasteiger partial charge in [0, 0.05) is 38.9 Å². The third-order valence-corrected chi connectivity index (χ3v) is 7.06. The zero-order chi connectivity index (χ0) is 33.9. The fourth-order valence-electron chi connectivity index (χ4n) is 4.84. The van der Waals surface area contributed by atoms with Gasteiger partial charge in [0.15, 0.2) is 5.82 Å². The lowest BCUT2D eigenvalue weighted by Gasteiger charge is -2.17. The molecule has 6 aromatic rings. The second-order valence-corrected chi connectivity index (χ2v) is 9.68. The smallest absolute Gasteiger partial charge is 0.213 e. The molecule has 0 unspecified atom stereocenters. The molecule has 204 valence electrons. The van der Waals surface area contributed by atoms with Crippen LogP contribution >= 0.6 is 0 Å². The van der Waals surface area contributed by atoms with Gasteiger partial charge in [-0.05, 0) is 40.5 Å². The molecule has 0 bridgehead atoms. The third-order valence-electron chi connectivity index (χ3n) is 7.06. The van der Waals surface area contributed by atoms with Crippen LogP contribution in [-0.4, -0.2) is 30.3 Å². The molecule has 0 spiro atoms. The van der Waals surface area contributed by atoms with Crippen LogP contribution in [0.1, 0.15) is 8.22 Å². The van der Waals surface area contributed by atoms with Gasteiger partial charge in [-0.1, -0.05) is 115 Å². The molecule has 5 aromatic carbocycles. The van der Waals surface area contributed by atoms with Crippen LogP contribution in [0.3, 0.4) is 0 Å². The van der Waals surface area contributed by atoms with Crippen molar-refractivity contribution in [2.24, 2.45) is 0 Å². The van der Waals surface area contributed by atoms with E-state index in [4.69, 9.17) is 18.2 Å². The summed E-state index contributed by atoms with van der Waals surface area (Å²) in [7, 11) is 0. The molecule has 1 aromatic heterocycles. The van der Waals surface area contributed by atoms with Crippen molar-refractivity contribution in [3.63, 3.8) is 0 Å². The number of carbonyl (C=O) groups is 1. The van der Waals surface area contributed by atoms with Crippen molar-refractivity contribution in [3.05, 3.63) is 133 Å². The van der Waals surface area contributed by atoms with E-state index in [9.17, 15) is 4.79 Å². The highest BCUT2D eigenvalue weighted by atomic mass is 16.1. The summed E-state index contributed by atoms with van der Waals surface area (Å²) < 4.78 is 46.2. The topological polar surface area (TPSA) is 58.1 Å². The number of nitrogens with zero attached hydrogens (tertiary/aromatic N) is 3. The molecule has 1 amide bonds. The van der Waals surface area contributed by atoms with Crippen molar-refractivity contribution >= 4 is 17.8 Å². The highest BCUT2D eigenvalue weighted by molar-refractivity contribution is 5.86. The number of aromatic nitrogens is 2. The number of anilines is 2. The first kappa shape index (κ1) is 20.3. The minimum Gasteiger partial charge on any atom is -0.386 e. The minimum absolute atomic E-state index is 0.00831. The molecule has 42 heavy (non-hydrogen) atoms. The van der Waals surface area contributed by atoms with E-state index in [2.05, 4.69) is 41.7 Å². The Kier molecular flexibility index (Phi) is 5.77. The van der Waals surface area contributed by atoms with E-state index in [0.717, 1.165) is 44.8 Å². The van der Waals surface area contributed by atoms with Crippen molar-refractivity contribution in [2.45, 2.75) is 0 Å². The molecule has 0 saturated heterocycles. The van der Waals surface area contributed by atoms with Crippen molar-refractivity contribution < 1.29 is 13.0 Å². The van der Waals surface area contributed by atoms with Crippen LogP contribution in [0.2, 0.25) is 0 Å². The lowest BCUT2D eigenvalue weighted by Crippen LogP contribution is -2.15. The monoisotopic (exact) mass is 552 g/mol. The van der Waals surface area contributed by atoms with E-state index < -0.39 is 14.0 Å². The molecule has 0 radical (unpaired) electrons. The Balaban J connectivity index is 1.37. The van der Waals surface area contributed by atoms with Crippen LogP contribution < -0.4 is 10.2 Å². The fourth-order valence-corrected chi connectivity index (χ4v) is 4.84. The average molecular weight is 553 g/mol. The maximum absolute atomic E-state index is 11.7. The molecule has 0 aliphatic heterocycles. The van der Waals surface area contributed by atoms with Crippen molar-refractivity contribution in [2.75, 3.05) is 24.2 Å². The molecule has 1 N–H and O–H groups in total. The van der Waals surface area contributed by atoms with Crippen molar-refractivity contribution in [3.8, 4) is 56.2 Å². The largest absolute Gasteiger partial charge is 0.386 e. The summed E-state index contributed by atoms with van der Waals surface area (Å²) in [6, 6.07) is 42.3. The summed E-state index contributed by atoms with van der Waals surface area (Å²) in [6.07, 6.45) is 0.165.